The SMILES string of the molecule is CCCn1nncc1C(NC)c1ccc(F)cn1. The van der Waals surface area contributed by atoms with Crippen LogP contribution in [0, 0.1) is 5.82 Å². The molecule has 96 valence electrons. The Morgan fingerprint density at radius 2 is 2.22 bits per heavy atom. The molecule has 1 atom stereocenters. The van der Waals surface area contributed by atoms with Crippen molar-refractivity contribution < 1.29 is 4.39 Å². The predicted molar refractivity (Wildman–Crippen MR) is 65.4 cm³/mol. The summed E-state index contributed by atoms with van der Waals surface area (Å²) in [6.07, 6.45) is 3.90. The lowest BCUT2D eigenvalue weighted by Crippen LogP contribution is -2.22. The van der Waals surface area contributed by atoms with Gasteiger partial charge in [-0.15, -0.1) is 5.10 Å². The second kappa shape index (κ2) is 5.68. The van der Waals surface area contributed by atoms with E-state index >= 15 is 0 Å². The molecule has 0 spiro atoms. The molecule has 0 aliphatic heterocycles. The van der Waals surface area contributed by atoms with Gasteiger partial charge >= 0.3 is 0 Å². The van der Waals surface area contributed by atoms with Gasteiger partial charge in [-0.1, -0.05) is 12.1 Å². The number of hydrogen-bond acceptors (Lipinski definition) is 4. The third-order valence-electron chi connectivity index (χ3n) is 2.71. The van der Waals surface area contributed by atoms with Crippen LogP contribution in [-0.4, -0.2) is 27.0 Å². The molecule has 1 unspecified atom stereocenters. The summed E-state index contributed by atoms with van der Waals surface area (Å²) in [5, 5.41) is 11.1. The molecule has 0 saturated carbocycles. The molecule has 0 aromatic carbocycles. The van der Waals surface area contributed by atoms with Crippen LogP contribution in [0.4, 0.5) is 4.39 Å². The van der Waals surface area contributed by atoms with Gasteiger partial charge in [-0.25, -0.2) is 9.07 Å². The van der Waals surface area contributed by atoms with Gasteiger partial charge in [0.15, 0.2) is 0 Å². The van der Waals surface area contributed by atoms with Crippen molar-refractivity contribution in [1.29, 1.82) is 0 Å². The Bertz CT molecular complexity index is 493. The molecule has 18 heavy (non-hydrogen) atoms. The van der Waals surface area contributed by atoms with E-state index in [1.54, 1.807) is 12.3 Å². The molecule has 6 heteroatoms. The van der Waals surface area contributed by atoms with Crippen LogP contribution in [0.15, 0.2) is 24.5 Å². The zero-order valence-electron chi connectivity index (χ0n) is 10.5. The van der Waals surface area contributed by atoms with Crippen LogP contribution in [0.5, 0.6) is 0 Å². The number of nitrogens with zero attached hydrogens (tertiary/aromatic N) is 4. The van der Waals surface area contributed by atoms with E-state index in [1.807, 2.05) is 11.7 Å². The summed E-state index contributed by atoms with van der Waals surface area (Å²) in [4.78, 5) is 4.10. The van der Waals surface area contributed by atoms with Crippen LogP contribution >= 0.6 is 0 Å². The predicted octanol–water partition coefficient (Wildman–Crippen LogP) is 1.53. The van der Waals surface area contributed by atoms with E-state index in [2.05, 4.69) is 27.5 Å². The van der Waals surface area contributed by atoms with E-state index in [9.17, 15) is 4.39 Å². The lowest BCUT2D eigenvalue weighted by atomic mass is 10.1. The van der Waals surface area contributed by atoms with Gasteiger partial charge in [-0.3, -0.25) is 4.98 Å². The van der Waals surface area contributed by atoms with E-state index in [0.717, 1.165) is 24.4 Å². The Balaban J connectivity index is 2.32. The summed E-state index contributed by atoms with van der Waals surface area (Å²) in [6.45, 7) is 2.88. The summed E-state index contributed by atoms with van der Waals surface area (Å²) in [7, 11) is 1.83. The van der Waals surface area contributed by atoms with E-state index in [0.29, 0.717) is 0 Å². The van der Waals surface area contributed by atoms with Crippen LogP contribution in [0.25, 0.3) is 0 Å². The van der Waals surface area contributed by atoms with Gasteiger partial charge in [-0.05, 0) is 25.6 Å². The first-order chi connectivity index (χ1) is 8.76. The molecular formula is C12H16FN5. The summed E-state index contributed by atoms with van der Waals surface area (Å²) in [6, 6.07) is 2.94. The Hall–Kier alpha value is -1.82. The fourth-order valence-electron chi connectivity index (χ4n) is 1.88. The zero-order chi connectivity index (χ0) is 13.0. The molecule has 5 nitrogen and oxygen atoms in total. The number of rotatable bonds is 5. The molecule has 0 radical (unpaired) electrons. The Morgan fingerprint density at radius 1 is 1.39 bits per heavy atom. The van der Waals surface area contributed by atoms with Crippen LogP contribution in [0.2, 0.25) is 0 Å². The number of aromatic nitrogens is 4. The Kier molecular flexibility index (Phi) is 3.99. The first-order valence-corrected chi connectivity index (χ1v) is 5.93. The smallest absolute Gasteiger partial charge is 0.141 e. The monoisotopic (exact) mass is 249 g/mol. The topological polar surface area (TPSA) is 55.6 Å². The minimum Gasteiger partial charge on any atom is -0.307 e. The fourth-order valence-corrected chi connectivity index (χ4v) is 1.88. The van der Waals surface area contributed by atoms with Crippen molar-refractivity contribution in [3.63, 3.8) is 0 Å². The van der Waals surface area contributed by atoms with Crippen molar-refractivity contribution >= 4 is 0 Å². The average Bonchev–Trinajstić information content (AvgIpc) is 2.82. The lowest BCUT2D eigenvalue weighted by Gasteiger charge is -2.16. The van der Waals surface area contributed by atoms with Gasteiger partial charge in [0.05, 0.1) is 29.8 Å². The molecule has 2 heterocycles. The number of hydrogen-bond donors (Lipinski definition) is 1. The van der Waals surface area contributed by atoms with Crippen molar-refractivity contribution in [2.75, 3.05) is 7.05 Å². The molecule has 2 aromatic rings. The number of pyridine rings is 1. The summed E-state index contributed by atoms with van der Waals surface area (Å²) >= 11 is 0. The molecule has 0 aliphatic carbocycles. The Labute approximate surface area is 105 Å². The van der Waals surface area contributed by atoms with Gasteiger partial charge in [0.2, 0.25) is 0 Å². The third-order valence-corrected chi connectivity index (χ3v) is 2.71. The average molecular weight is 249 g/mol. The third kappa shape index (κ3) is 2.53. The van der Waals surface area contributed by atoms with Gasteiger partial charge < -0.3 is 5.32 Å². The Morgan fingerprint density at radius 3 is 2.83 bits per heavy atom. The molecule has 2 rings (SSSR count). The van der Waals surface area contributed by atoms with Gasteiger partial charge in [-0.2, -0.15) is 0 Å². The molecule has 0 amide bonds. The van der Waals surface area contributed by atoms with Crippen LogP contribution < -0.4 is 5.32 Å². The van der Waals surface area contributed by atoms with E-state index < -0.39 is 0 Å². The van der Waals surface area contributed by atoms with E-state index in [1.165, 1.54) is 12.3 Å². The van der Waals surface area contributed by atoms with Crippen molar-refractivity contribution in [3.05, 3.63) is 41.7 Å². The summed E-state index contributed by atoms with van der Waals surface area (Å²) in [5.41, 5.74) is 1.68. The van der Waals surface area contributed by atoms with Crippen molar-refractivity contribution in [3.8, 4) is 0 Å². The first kappa shape index (κ1) is 12.6. The van der Waals surface area contributed by atoms with Crippen molar-refractivity contribution in [2.24, 2.45) is 0 Å². The number of nitrogens with one attached hydrogen (secondary N) is 1. The fraction of sp³-hybridized carbons (Fsp3) is 0.417. The van der Waals surface area contributed by atoms with Gasteiger partial charge in [0.25, 0.3) is 0 Å². The summed E-state index contributed by atoms with van der Waals surface area (Å²) < 4.78 is 14.7. The van der Waals surface area contributed by atoms with Crippen LogP contribution in [-0.2, 0) is 6.54 Å². The van der Waals surface area contributed by atoms with E-state index in [-0.39, 0.29) is 11.9 Å². The quantitative estimate of drug-likeness (QED) is 0.873. The van der Waals surface area contributed by atoms with E-state index in [4.69, 9.17) is 0 Å². The molecule has 2 aromatic heterocycles. The van der Waals surface area contributed by atoms with Crippen molar-refractivity contribution in [1.82, 2.24) is 25.3 Å². The maximum atomic E-state index is 12.9. The largest absolute Gasteiger partial charge is 0.307 e. The lowest BCUT2D eigenvalue weighted by molar-refractivity contribution is 0.517. The normalized spacial score (nSPS) is 12.6. The minimum absolute atomic E-state index is 0.132. The second-order valence-electron chi connectivity index (χ2n) is 4.00. The first-order valence-electron chi connectivity index (χ1n) is 5.93. The minimum atomic E-state index is -0.339. The van der Waals surface area contributed by atoms with Crippen molar-refractivity contribution in [2.45, 2.75) is 25.9 Å². The van der Waals surface area contributed by atoms with Crippen LogP contribution in [0.1, 0.15) is 30.8 Å². The number of halogens is 1. The highest BCUT2D eigenvalue weighted by Crippen LogP contribution is 2.19. The van der Waals surface area contributed by atoms with Crippen LogP contribution in [0.3, 0.4) is 0 Å². The highest BCUT2D eigenvalue weighted by atomic mass is 19.1. The summed E-state index contributed by atoms with van der Waals surface area (Å²) in [5.74, 6) is -0.339. The molecule has 1 N–H and O–H groups in total. The highest BCUT2D eigenvalue weighted by Gasteiger charge is 2.18. The molecule has 0 fully saturated rings. The molecular weight excluding hydrogens is 233 g/mol. The molecule has 0 bridgehead atoms. The van der Waals surface area contributed by atoms with Gasteiger partial charge in [0, 0.05) is 6.54 Å². The maximum Gasteiger partial charge on any atom is 0.141 e. The number of aryl methyl sites for hydroxylation is 1. The molecule has 0 aliphatic rings. The second-order valence-corrected chi connectivity index (χ2v) is 4.00. The highest BCUT2D eigenvalue weighted by molar-refractivity contribution is 5.20. The standard InChI is InChI=1S/C12H16FN5/c1-3-6-18-11(8-16-17-18)12(14-2)10-5-4-9(13)7-15-10/h4-5,7-8,12,14H,3,6H2,1-2H3. The maximum absolute atomic E-state index is 12.9. The molecule has 0 saturated heterocycles. The van der Waals surface area contributed by atoms with Gasteiger partial charge in [0.1, 0.15) is 5.82 Å². The zero-order valence-corrected chi connectivity index (χ0v) is 10.5.